The van der Waals surface area contributed by atoms with E-state index in [0.29, 0.717) is 29.5 Å². The fourth-order valence-corrected chi connectivity index (χ4v) is 3.33. The molecule has 3 saturated carbocycles. The molecule has 4 rings (SSSR count). The standard InChI is InChI=1S/C10H12O3/c11-9-5-3-7(5)10(8-4-6(8)9)12-1-2-13-10/h5-8H,1-4H2/t5-,6-,7-,8-/m0/s1. The maximum atomic E-state index is 11.6. The molecular formula is C10H12O3. The van der Waals surface area contributed by atoms with Crippen LogP contribution in [0.3, 0.4) is 0 Å². The molecule has 1 aliphatic heterocycles. The molecule has 1 saturated heterocycles. The maximum absolute atomic E-state index is 11.6. The molecule has 0 radical (unpaired) electrons. The summed E-state index contributed by atoms with van der Waals surface area (Å²) in [4.78, 5) is 11.6. The van der Waals surface area contributed by atoms with Crippen molar-refractivity contribution in [3.63, 3.8) is 0 Å². The van der Waals surface area contributed by atoms with Crippen molar-refractivity contribution in [3.05, 3.63) is 0 Å². The summed E-state index contributed by atoms with van der Waals surface area (Å²) in [6.07, 6.45) is 2.04. The Morgan fingerprint density at radius 2 is 1.62 bits per heavy atom. The van der Waals surface area contributed by atoms with Crippen LogP contribution in [0.2, 0.25) is 0 Å². The maximum Gasteiger partial charge on any atom is 0.175 e. The molecule has 0 unspecified atom stereocenters. The van der Waals surface area contributed by atoms with Gasteiger partial charge >= 0.3 is 0 Å². The van der Waals surface area contributed by atoms with Crippen molar-refractivity contribution in [2.45, 2.75) is 18.6 Å². The normalized spacial score (nSPS) is 54.6. The first-order chi connectivity index (χ1) is 6.33. The van der Waals surface area contributed by atoms with Gasteiger partial charge in [0.1, 0.15) is 5.78 Å². The first-order valence-electron chi connectivity index (χ1n) is 5.14. The molecule has 0 aromatic heterocycles. The molecule has 3 heteroatoms. The summed E-state index contributed by atoms with van der Waals surface area (Å²) in [5.74, 6) is 1.60. The van der Waals surface area contributed by atoms with Crippen molar-refractivity contribution in [1.29, 1.82) is 0 Å². The Kier molecular flexibility index (Phi) is 0.984. The molecule has 3 nitrogen and oxygen atoms in total. The summed E-state index contributed by atoms with van der Waals surface area (Å²) < 4.78 is 11.5. The average Bonchev–Trinajstić information content (AvgIpc) is 3.02. The third kappa shape index (κ3) is 0.647. The number of Topliss-reactive ketones (excluding diaryl/α,β-unsaturated/α-hetero) is 1. The van der Waals surface area contributed by atoms with Gasteiger partial charge in [-0.05, 0) is 12.8 Å². The predicted molar refractivity (Wildman–Crippen MR) is 42.8 cm³/mol. The Balaban J connectivity index is 1.76. The fourth-order valence-electron chi connectivity index (χ4n) is 3.33. The molecule has 70 valence electrons. The van der Waals surface area contributed by atoms with Crippen LogP contribution in [-0.2, 0) is 14.3 Å². The van der Waals surface area contributed by atoms with Gasteiger partial charge in [-0.2, -0.15) is 0 Å². The highest BCUT2D eigenvalue weighted by Crippen LogP contribution is 2.68. The van der Waals surface area contributed by atoms with E-state index in [1.807, 2.05) is 0 Å². The minimum atomic E-state index is -0.302. The van der Waals surface area contributed by atoms with E-state index in [1.165, 1.54) is 0 Å². The number of ether oxygens (including phenoxy) is 2. The smallest absolute Gasteiger partial charge is 0.175 e. The first kappa shape index (κ1) is 6.96. The second-order valence-corrected chi connectivity index (χ2v) is 4.72. The van der Waals surface area contributed by atoms with Crippen molar-refractivity contribution < 1.29 is 14.3 Å². The average molecular weight is 180 g/mol. The first-order valence-corrected chi connectivity index (χ1v) is 5.14. The molecule has 1 spiro atoms. The van der Waals surface area contributed by atoms with E-state index >= 15 is 0 Å². The number of carbonyl (C=O) groups is 1. The van der Waals surface area contributed by atoms with Crippen LogP contribution in [0.1, 0.15) is 12.8 Å². The zero-order chi connectivity index (χ0) is 8.63. The SMILES string of the molecule is O=C1[C@H]2C[C@@H]2C2(OCCO2)[C@H]2C[C@H]12. The molecule has 3 aliphatic carbocycles. The molecule has 13 heavy (non-hydrogen) atoms. The molecule has 4 atom stereocenters. The van der Waals surface area contributed by atoms with Gasteiger partial charge in [-0.1, -0.05) is 0 Å². The van der Waals surface area contributed by atoms with Crippen LogP contribution in [0, 0.1) is 23.7 Å². The molecular weight excluding hydrogens is 168 g/mol. The number of carbonyl (C=O) groups excluding carboxylic acids is 1. The van der Waals surface area contributed by atoms with Crippen molar-refractivity contribution in [1.82, 2.24) is 0 Å². The van der Waals surface area contributed by atoms with Gasteiger partial charge < -0.3 is 9.47 Å². The second kappa shape index (κ2) is 1.84. The number of ketones is 1. The predicted octanol–water partition coefficient (Wildman–Crippen LogP) is 0.584. The van der Waals surface area contributed by atoms with Crippen LogP contribution in [0.5, 0.6) is 0 Å². The van der Waals surface area contributed by atoms with E-state index in [0.717, 1.165) is 26.1 Å². The highest BCUT2D eigenvalue weighted by molar-refractivity contribution is 5.90. The third-order valence-corrected chi connectivity index (χ3v) is 4.08. The third-order valence-electron chi connectivity index (χ3n) is 4.08. The zero-order valence-electron chi connectivity index (χ0n) is 7.36. The Bertz CT molecular complexity index is 271. The molecule has 1 heterocycles. The lowest BCUT2D eigenvalue weighted by atomic mass is 9.93. The van der Waals surface area contributed by atoms with Crippen LogP contribution in [0.4, 0.5) is 0 Å². The molecule has 0 N–H and O–H groups in total. The van der Waals surface area contributed by atoms with Crippen LogP contribution < -0.4 is 0 Å². The van der Waals surface area contributed by atoms with Gasteiger partial charge in [0.25, 0.3) is 0 Å². The van der Waals surface area contributed by atoms with Gasteiger partial charge in [0, 0.05) is 23.7 Å². The number of rotatable bonds is 0. The van der Waals surface area contributed by atoms with Crippen LogP contribution in [0.25, 0.3) is 0 Å². The number of hydrogen-bond acceptors (Lipinski definition) is 3. The highest BCUT2D eigenvalue weighted by Gasteiger charge is 2.74. The van der Waals surface area contributed by atoms with Crippen LogP contribution in [0.15, 0.2) is 0 Å². The molecule has 0 amide bonds. The van der Waals surface area contributed by atoms with E-state index in [9.17, 15) is 4.79 Å². The van der Waals surface area contributed by atoms with Crippen molar-refractivity contribution in [2.75, 3.05) is 13.2 Å². The van der Waals surface area contributed by atoms with E-state index in [-0.39, 0.29) is 5.79 Å². The van der Waals surface area contributed by atoms with Crippen molar-refractivity contribution in [3.8, 4) is 0 Å². The molecule has 0 aromatic rings. The van der Waals surface area contributed by atoms with Gasteiger partial charge in [0.2, 0.25) is 0 Å². The quantitative estimate of drug-likeness (QED) is 0.547. The fraction of sp³-hybridized carbons (Fsp3) is 0.900. The van der Waals surface area contributed by atoms with Gasteiger partial charge in [-0.3, -0.25) is 4.79 Å². The van der Waals surface area contributed by atoms with Gasteiger partial charge in [0.15, 0.2) is 5.79 Å². The van der Waals surface area contributed by atoms with Gasteiger partial charge in [-0.15, -0.1) is 0 Å². The Morgan fingerprint density at radius 3 is 2.15 bits per heavy atom. The second-order valence-electron chi connectivity index (χ2n) is 4.72. The van der Waals surface area contributed by atoms with Gasteiger partial charge in [0.05, 0.1) is 13.2 Å². The lowest BCUT2D eigenvalue weighted by molar-refractivity contribution is -0.200. The van der Waals surface area contributed by atoms with E-state index < -0.39 is 0 Å². The molecule has 0 bridgehead atoms. The van der Waals surface area contributed by atoms with Crippen molar-refractivity contribution in [2.24, 2.45) is 23.7 Å². The lowest BCUT2D eigenvalue weighted by Gasteiger charge is -2.30. The van der Waals surface area contributed by atoms with E-state index in [2.05, 4.69) is 0 Å². The monoisotopic (exact) mass is 180 g/mol. The summed E-state index contributed by atoms with van der Waals surface area (Å²) >= 11 is 0. The topological polar surface area (TPSA) is 35.5 Å². The Morgan fingerprint density at radius 1 is 1.08 bits per heavy atom. The van der Waals surface area contributed by atoms with E-state index in [4.69, 9.17) is 9.47 Å². The number of hydrogen-bond donors (Lipinski definition) is 0. The molecule has 4 fully saturated rings. The van der Waals surface area contributed by atoms with Crippen LogP contribution >= 0.6 is 0 Å². The van der Waals surface area contributed by atoms with Crippen LogP contribution in [-0.4, -0.2) is 24.8 Å². The minimum absolute atomic E-state index is 0.293. The Labute approximate surface area is 76.4 Å². The zero-order valence-corrected chi connectivity index (χ0v) is 7.36. The largest absolute Gasteiger partial charge is 0.347 e. The van der Waals surface area contributed by atoms with Gasteiger partial charge in [-0.25, -0.2) is 0 Å². The summed E-state index contributed by atoms with van der Waals surface area (Å²) in [5.41, 5.74) is 0. The minimum Gasteiger partial charge on any atom is -0.347 e. The molecule has 0 aromatic carbocycles. The number of fused-ring (bicyclic) bond motifs is 4. The van der Waals surface area contributed by atoms with E-state index in [1.54, 1.807) is 0 Å². The summed E-state index contributed by atoms with van der Waals surface area (Å²) in [7, 11) is 0. The summed E-state index contributed by atoms with van der Waals surface area (Å²) in [6, 6.07) is 0. The summed E-state index contributed by atoms with van der Waals surface area (Å²) in [5, 5.41) is 0. The molecule has 4 aliphatic rings. The Hall–Kier alpha value is -0.410. The summed E-state index contributed by atoms with van der Waals surface area (Å²) in [6.45, 7) is 1.45. The van der Waals surface area contributed by atoms with Crippen molar-refractivity contribution >= 4 is 5.78 Å². The highest BCUT2D eigenvalue weighted by atomic mass is 16.7. The lowest BCUT2D eigenvalue weighted by Crippen LogP contribution is -2.41.